The van der Waals surface area contributed by atoms with Crippen LogP contribution in [0, 0.1) is 19.8 Å². The van der Waals surface area contributed by atoms with Gasteiger partial charge in [0.05, 0.1) is 0 Å². The Morgan fingerprint density at radius 2 is 1.81 bits per heavy atom. The van der Waals surface area contributed by atoms with E-state index in [2.05, 4.69) is 9.97 Å². The van der Waals surface area contributed by atoms with E-state index in [0.29, 0.717) is 6.42 Å². The number of rotatable bonds is 6. The second-order valence-corrected chi connectivity index (χ2v) is 6.90. The van der Waals surface area contributed by atoms with Crippen LogP contribution >= 0.6 is 0 Å². The number of aryl methyl sites for hydroxylation is 2. The Balaban J connectivity index is 1.78. The van der Waals surface area contributed by atoms with Crippen LogP contribution in [0.15, 0.2) is 36.4 Å². The van der Waals surface area contributed by atoms with Gasteiger partial charge in [0.2, 0.25) is 0 Å². The van der Waals surface area contributed by atoms with Gasteiger partial charge in [0.1, 0.15) is 29.7 Å². The highest BCUT2D eigenvalue weighted by atomic mass is 16.5. The summed E-state index contributed by atoms with van der Waals surface area (Å²) in [5, 5.41) is 0. The largest absolute Gasteiger partial charge is 0.457 e. The minimum atomic E-state index is -0.833. The van der Waals surface area contributed by atoms with Crippen LogP contribution in [-0.2, 0) is 20.7 Å². The normalized spacial score (nSPS) is 22.5. The van der Waals surface area contributed by atoms with Gasteiger partial charge in [-0.3, -0.25) is 9.59 Å². The zero-order valence-corrected chi connectivity index (χ0v) is 15.8. The number of ketones is 2. The van der Waals surface area contributed by atoms with E-state index in [9.17, 15) is 9.59 Å². The number of ether oxygens (including phenoxy) is 2. The number of nitrogens with zero attached hydrogens (tertiary/aromatic N) is 2. The summed E-state index contributed by atoms with van der Waals surface area (Å²) in [4.78, 5) is 34.0. The molecule has 1 aliphatic carbocycles. The zero-order chi connectivity index (χ0) is 19.4. The highest BCUT2D eigenvalue weighted by Gasteiger charge is 2.44. The number of benzene rings is 1. The molecule has 0 saturated heterocycles. The number of hydrogen-bond acceptors (Lipinski definition) is 6. The first-order chi connectivity index (χ1) is 13.0. The van der Waals surface area contributed by atoms with Crippen molar-refractivity contribution in [3.05, 3.63) is 53.3 Å². The predicted octanol–water partition coefficient (Wildman–Crippen LogP) is 2.65. The van der Waals surface area contributed by atoms with Crippen LogP contribution in [0.4, 0.5) is 0 Å². The fourth-order valence-electron chi connectivity index (χ4n) is 3.57. The number of aromatic nitrogens is 2. The molecule has 3 atom stereocenters. The number of carbonyl (C=O) groups excluding carboxylic acids is 2. The van der Waals surface area contributed by atoms with Crippen LogP contribution in [0.25, 0.3) is 0 Å². The molecule has 1 aromatic carbocycles. The van der Waals surface area contributed by atoms with Gasteiger partial charge in [-0.05, 0) is 31.9 Å². The monoisotopic (exact) mass is 368 g/mol. The molecule has 3 unspecified atom stereocenters. The molecular weight excluding hydrogens is 344 g/mol. The van der Waals surface area contributed by atoms with Crippen molar-refractivity contribution < 1.29 is 19.1 Å². The number of hydrogen-bond donors (Lipinski definition) is 0. The third kappa shape index (κ3) is 4.57. The Morgan fingerprint density at radius 1 is 1.15 bits per heavy atom. The van der Waals surface area contributed by atoms with E-state index in [1.165, 1.54) is 7.11 Å². The van der Waals surface area contributed by atoms with Crippen molar-refractivity contribution >= 4 is 11.6 Å². The maximum atomic E-state index is 12.9. The maximum absolute atomic E-state index is 12.9. The molecule has 27 heavy (non-hydrogen) atoms. The van der Waals surface area contributed by atoms with Crippen LogP contribution in [0.2, 0.25) is 0 Å². The average molecular weight is 368 g/mol. The second-order valence-electron chi connectivity index (χ2n) is 6.90. The molecule has 0 N–H and O–H groups in total. The standard InChI is InChI=1S/C21H24N2O4/c1-13-11-14(2)23-21(22-13)27-18-10-9-16(24)19(20(18)26-3)17(25)12-15-7-5-4-6-8-15/h4-8,11,18-20H,9-10,12H2,1-3H3. The number of carbonyl (C=O) groups is 2. The SMILES string of the molecule is COC1C(Oc2nc(C)cc(C)n2)CCC(=O)C1C(=O)Cc1ccccc1. The Hall–Kier alpha value is -2.60. The highest BCUT2D eigenvalue weighted by molar-refractivity contribution is 6.04. The molecule has 1 aliphatic rings. The lowest BCUT2D eigenvalue weighted by Crippen LogP contribution is -2.50. The first kappa shape index (κ1) is 19.2. The van der Waals surface area contributed by atoms with Crippen molar-refractivity contribution in [3.8, 4) is 6.01 Å². The predicted molar refractivity (Wildman–Crippen MR) is 99.6 cm³/mol. The summed E-state index contributed by atoms with van der Waals surface area (Å²) in [5.41, 5.74) is 2.48. The lowest BCUT2D eigenvalue weighted by atomic mass is 9.79. The summed E-state index contributed by atoms with van der Waals surface area (Å²) in [5.74, 6) is -1.07. The topological polar surface area (TPSA) is 78.4 Å². The summed E-state index contributed by atoms with van der Waals surface area (Å²) in [6.07, 6.45) is -0.141. The Labute approximate surface area is 158 Å². The average Bonchev–Trinajstić information content (AvgIpc) is 2.62. The van der Waals surface area contributed by atoms with Crippen molar-refractivity contribution in [1.29, 1.82) is 0 Å². The summed E-state index contributed by atoms with van der Waals surface area (Å²) in [7, 11) is 1.50. The fourth-order valence-corrected chi connectivity index (χ4v) is 3.57. The van der Waals surface area contributed by atoms with E-state index < -0.39 is 18.1 Å². The molecule has 1 heterocycles. The number of methoxy groups -OCH3 is 1. The zero-order valence-electron chi connectivity index (χ0n) is 15.8. The van der Waals surface area contributed by atoms with E-state index in [-0.39, 0.29) is 30.4 Å². The second kappa shape index (κ2) is 8.39. The minimum Gasteiger partial charge on any atom is -0.457 e. The van der Waals surface area contributed by atoms with E-state index in [1.807, 2.05) is 50.2 Å². The summed E-state index contributed by atoms with van der Waals surface area (Å²) in [6.45, 7) is 3.73. The first-order valence-corrected chi connectivity index (χ1v) is 9.09. The van der Waals surface area contributed by atoms with Crippen LogP contribution in [0.1, 0.15) is 29.8 Å². The fraction of sp³-hybridized carbons (Fsp3) is 0.429. The molecule has 1 fully saturated rings. The van der Waals surface area contributed by atoms with Gasteiger partial charge in [-0.15, -0.1) is 0 Å². The summed E-state index contributed by atoms with van der Waals surface area (Å²) in [6, 6.07) is 11.5. The summed E-state index contributed by atoms with van der Waals surface area (Å²) < 4.78 is 11.5. The Kier molecular flexibility index (Phi) is 5.96. The van der Waals surface area contributed by atoms with Gasteiger partial charge in [-0.1, -0.05) is 30.3 Å². The van der Waals surface area contributed by atoms with Crippen molar-refractivity contribution in [1.82, 2.24) is 9.97 Å². The smallest absolute Gasteiger partial charge is 0.317 e. The van der Waals surface area contributed by atoms with Gasteiger partial charge in [-0.25, -0.2) is 9.97 Å². The minimum absolute atomic E-state index is 0.0935. The van der Waals surface area contributed by atoms with Gasteiger partial charge < -0.3 is 9.47 Å². The molecular formula is C21H24N2O4. The molecule has 1 aromatic heterocycles. The molecule has 0 amide bonds. The molecule has 0 spiro atoms. The van der Waals surface area contributed by atoms with Crippen molar-refractivity contribution in [3.63, 3.8) is 0 Å². The molecule has 0 bridgehead atoms. The summed E-state index contributed by atoms with van der Waals surface area (Å²) >= 11 is 0. The van der Waals surface area contributed by atoms with Crippen molar-refractivity contribution in [2.45, 2.75) is 45.3 Å². The highest BCUT2D eigenvalue weighted by Crippen LogP contribution is 2.29. The van der Waals surface area contributed by atoms with Gasteiger partial charge in [-0.2, -0.15) is 0 Å². The first-order valence-electron chi connectivity index (χ1n) is 9.09. The van der Waals surface area contributed by atoms with Crippen LogP contribution in [0.3, 0.4) is 0 Å². The van der Waals surface area contributed by atoms with Crippen molar-refractivity contribution in [2.24, 2.45) is 5.92 Å². The van der Waals surface area contributed by atoms with E-state index in [1.54, 1.807) is 0 Å². The lowest BCUT2D eigenvalue weighted by Gasteiger charge is -2.35. The van der Waals surface area contributed by atoms with E-state index in [0.717, 1.165) is 17.0 Å². The van der Waals surface area contributed by atoms with Gasteiger partial charge in [0, 0.05) is 31.3 Å². The Morgan fingerprint density at radius 3 is 2.44 bits per heavy atom. The molecule has 6 nitrogen and oxygen atoms in total. The van der Waals surface area contributed by atoms with E-state index in [4.69, 9.17) is 9.47 Å². The van der Waals surface area contributed by atoms with Gasteiger partial charge in [0.25, 0.3) is 0 Å². The van der Waals surface area contributed by atoms with Crippen LogP contribution < -0.4 is 4.74 Å². The van der Waals surface area contributed by atoms with Crippen LogP contribution in [0.5, 0.6) is 6.01 Å². The van der Waals surface area contributed by atoms with Crippen molar-refractivity contribution in [2.75, 3.05) is 7.11 Å². The third-order valence-corrected chi connectivity index (χ3v) is 4.78. The molecule has 3 rings (SSSR count). The molecule has 6 heteroatoms. The molecule has 142 valence electrons. The molecule has 1 saturated carbocycles. The third-order valence-electron chi connectivity index (χ3n) is 4.78. The Bertz CT molecular complexity index is 802. The van der Waals surface area contributed by atoms with E-state index >= 15 is 0 Å². The molecule has 0 radical (unpaired) electrons. The van der Waals surface area contributed by atoms with Crippen LogP contribution in [-0.4, -0.2) is 40.9 Å². The molecule has 2 aromatic rings. The quantitative estimate of drug-likeness (QED) is 0.730. The van der Waals surface area contributed by atoms with Gasteiger partial charge >= 0.3 is 6.01 Å². The lowest BCUT2D eigenvalue weighted by molar-refractivity contribution is -0.148. The maximum Gasteiger partial charge on any atom is 0.317 e. The molecule has 0 aliphatic heterocycles. The van der Waals surface area contributed by atoms with Gasteiger partial charge in [0.15, 0.2) is 0 Å². The number of Topliss-reactive ketones (excluding diaryl/α,β-unsaturated/α-hetero) is 2.